The van der Waals surface area contributed by atoms with E-state index in [1.54, 1.807) is 56.5 Å². The molecule has 1 aromatic heterocycles. The fraction of sp³-hybridized carbons (Fsp3) is 0.174. The quantitative estimate of drug-likeness (QED) is 0.565. The van der Waals surface area contributed by atoms with Crippen molar-refractivity contribution in [2.24, 2.45) is 0 Å². The monoisotopic (exact) mass is 420 g/mol. The summed E-state index contributed by atoms with van der Waals surface area (Å²) in [5.74, 6) is 0.324. The lowest BCUT2D eigenvalue weighted by Crippen LogP contribution is -2.32. The molecule has 0 aliphatic rings. The summed E-state index contributed by atoms with van der Waals surface area (Å²) in [6.07, 6.45) is 0. The highest BCUT2D eigenvalue weighted by atomic mass is 16.5. The largest absolute Gasteiger partial charge is 0.497 e. The van der Waals surface area contributed by atoms with Crippen molar-refractivity contribution in [2.75, 3.05) is 23.1 Å². The van der Waals surface area contributed by atoms with Crippen LogP contribution in [0.2, 0.25) is 0 Å². The Morgan fingerprint density at radius 2 is 1.45 bits per heavy atom. The highest BCUT2D eigenvalue weighted by molar-refractivity contribution is 5.99. The summed E-state index contributed by atoms with van der Waals surface area (Å²) >= 11 is 0. The Labute approximate surface area is 179 Å². The van der Waals surface area contributed by atoms with E-state index in [0.717, 1.165) is 5.56 Å². The van der Waals surface area contributed by atoms with Gasteiger partial charge < -0.3 is 25.3 Å². The molecule has 8 nitrogen and oxygen atoms in total. The number of urea groups is 1. The maximum absolute atomic E-state index is 12.8. The number of ether oxygens (including phenoxy) is 1. The summed E-state index contributed by atoms with van der Waals surface area (Å²) in [7, 11) is 1.55. The van der Waals surface area contributed by atoms with Gasteiger partial charge in [-0.2, -0.15) is 0 Å². The lowest BCUT2D eigenvalue weighted by molar-refractivity contribution is -0.116. The van der Waals surface area contributed by atoms with Gasteiger partial charge in [0.25, 0.3) is 5.56 Å². The van der Waals surface area contributed by atoms with Crippen LogP contribution in [0.15, 0.2) is 65.5 Å². The molecule has 0 atom stereocenters. The second-order valence-electron chi connectivity index (χ2n) is 7.00. The molecule has 160 valence electrons. The third-order valence-electron chi connectivity index (χ3n) is 4.63. The summed E-state index contributed by atoms with van der Waals surface area (Å²) in [5, 5.41) is 7.95. The molecule has 0 fully saturated rings. The van der Waals surface area contributed by atoms with Crippen molar-refractivity contribution >= 4 is 29.0 Å². The van der Waals surface area contributed by atoms with E-state index in [-0.39, 0.29) is 18.1 Å². The second-order valence-corrected chi connectivity index (χ2v) is 7.00. The summed E-state index contributed by atoms with van der Waals surface area (Å²) in [6.45, 7) is 3.51. The maximum atomic E-state index is 12.8. The minimum atomic E-state index is -0.568. The molecule has 0 aliphatic heterocycles. The van der Waals surface area contributed by atoms with Crippen LogP contribution >= 0.6 is 0 Å². The van der Waals surface area contributed by atoms with E-state index in [4.69, 9.17) is 4.74 Å². The van der Waals surface area contributed by atoms with E-state index < -0.39 is 11.6 Å². The average molecular weight is 420 g/mol. The van der Waals surface area contributed by atoms with Gasteiger partial charge in [0.15, 0.2) is 0 Å². The molecule has 31 heavy (non-hydrogen) atoms. The highest BCUT2D eigenvalue weighted by Gasteiger charge is 2.13. The molecule has 0 saturated carbocycles. The zero-order valence-corrected chi connectivity index (χ0v) is 17.6. The number of anilines is 3. The third kappa shape index (κ3) is 5.72. The fourth-order valence-corrected chi connectivity index (χ4v) is 2.90. The second kappa shape index (κ2) is 9.62. The predicted octanol–water partition coefficient (Wildman–Crippen LogP) is 3.76. The van der Waals surface area contributed by atoms with Gasteiger partial charge in [-0.25, -0.2) is 4.79 Å². The first-order valence-corrected chi connectivity index (χ1v) is 9.65. The number of aryl methyl sites for hydroxylation is 2. The van der Waals surface area contributed by atoms with Crippen molar-refractivity contribution in [2.45, 2.75) is 20.4 Å². The number of nitrogens with one attached hydrogen (secondary N) is 3. The van der Waals surface area contributed by atoms with Crippen LogP contribution in [0.1, 0.15) is 11.3 Å². The molecule has 0 aliphatic carbocycles. The number of amides is 3. The van der Waals surface area contributed by atoms with Gasteiger partial charge in [0.05, 0.1) is 7.11 Å². The number of rotatable bonds is 6. The topological polar surface area (TPSA) is 101 Å². The lowest BCUT2D eigenvalue weighted by atomic mass is 10.2. The molecule has 2 aromatic carbocycles. The number of pyridine rings is 1. The van der Waals surface area contributed by atoms with Crippen LogP contribution in [0.4, 0.5) is 21.9 Å². The Morgan fingerprint density at radius 1 is 0.839 bits per heavy atom. The van der Waals surface area contributed by atoms with Crippen molar-refractivity contribution in [3.05, 3.63) is 82.3 Å². The number of carbonyl (C=O) groups is 2. The molecule has 0 saturated heterocycles. The van der Waals surface area contributed by atoms with Crippen molar-refractivity contribution in [1.82, 2.24) is 4.57 Å². The van der Waals surface area contributed by atoms with E-state index in [1.807, 2.05) is 19.1 Å². The Morgan fingerprint density at radius 3 is 2.10 bits per heavy atom. The van der Waals surface area contributed by atoms with Crippen LogP contribution in [0.3, 0.4) is 0 Å². The maximum Gasteiger partial charge on any atom is 0.323 e. The van der Waals surface area contributed by atoms with E-state index >= 15 is 0 Å². The van der Waals surface area contributed by atoms with E-state index in [9.17, 15) is 14.4 Å². The zero-order chi connectivity index (χ0) is 22.4. The first-order valence-electron chi connectivity index (χ1n) is 9.65. The number of carbonyl (C=O) groups excluding carboxylic acids is 2. The smallest absolute Gasteiger partial charge is 0.323 e. The van der Waals surface area contributed by atoms with E-state index in [2.05, 4.69) is 16.0 Å². The van der Waals surface area contributed by atoms with Gasteiger partial charge in [0.1, 0.15) is 18.0 Å². The Balaban J connectivity index is 1.69. The fourth-order valence-electron chi connectivity index (χ4n) is 2.90. The number of benzene rings is 2. The molecule has 3 amide bonds. The van der Waals surface area contributed by atoms with Crippen LogP contribution in [-0.4, -0.2) is 23.6 Å². The highest BCUT2D eigenvalue weighted by Crippen LogP contribution is 2.15. The molecule has 3 aromatic rings. The number of methoxy groups -OCH3 is 1. The molecular formula is C23H24N4O4. The summed E-state index contributed by atoms with van der Waals surface area (Å²) in [6, 6.07) is 16.8. The van der Waals surface area contributed by atoms with Gasteiger partial charge in [0, 0.05) is 17.1 Å². The molecule has 0 bridgehead atoms. The zero-order valence-electron chi connectivity index (χ0n) is 17.6. The average Bonchev–Trinajstić information content (AvgIpc) is 2.75. The normalized spacial score (nSPS) is 10.3. The number of hydrogen-bond donors (Lipinski definition) is 3. The van der Waals surface area contributed by atoms with Gasteiger partial charge in [-0.1, -0.05) is 17.7 Å². The minimum Gasteiger partial charge on any atom is -0.497 e. The molecule has 8 heteroatoms. The van der Waals surface area contributed by atoms with Crippen molar-refractivity contribution in [3.63, 3.8) is 0 Å². The number of aromatic nitrogens is 1. The first kappa shape index (κ1) is 21.6. The van der Waals surface area contributed by atoms with Crippen LogP contribution in [0, 0.1) is 13.8 Å². The summed E-state index contributed by atoms with van der Waals surface area (Å²) in [4.78, 5) is 37.5. The molecule has 0 unspecified atom stereocenters. The molecule has 3 N–H and O–H groups in total. The van der Waals surface area contributed by atoms with Crippen molar-refractivity contribution < 1.29 is 14.3 Å². The lowest BCUT2D eigenvalue weighted by Gasteiger charge is -2.13. The van der Waals surface area contributed by atoms with Gasteiger partial charge in [-0.05, 0) is 62.4 Å². The van der Waals surface area contributed by atoms with E-state index in [0.29, 0.717) is 22.8 Å². The van der Waals surface area contributed by atoms with Crippen molar-refractivity contribution in [3.8, 4) is 5.75 Å². The third-order valence-corrected chi connectivity index (χ3v) is 4.63. The van der Waals surface area contributed by atoms with Gasteiger partial charge in [0.2, 0.25) is 5.91 Å². The standard InChI is InChI=1S/C23H24N4O4/c1-15-4-7-17(8-5-15)24-21(28)14-27-16(2)6-13-20(22(27)29)26-23(30)25-18-9-11-19(31-3)12-10-18/h4-13H,14H2,1-3H3,(H,24,28)(H2,25,26,30). The van der Waals surface area contributed by atoms with Crippen LogP contribution < -0.4 is 26.2 Å². The molecule has 1 heterocycles. The summed E-state index contributed by atoms with van der Waals surface area (Å²) < 4.78 is 6.39. The van der Waals surface area contributed by atoms with Crippen LogP contribution in [0.5, 0.6) is 5.75 Å². The van der Waals surface area contributed by atoms with Crippen molar-refractivity contribution in [1.29, 1.82) is 0 Å². The number of nitrogens with zero attached hydrogens (tertiary/aromatic N) is 1. The van der Waals surface area contributed by atoms with Crippen LogP contribution in [-0.2, 0) is 11.3 Å². The predicted molar refractivity (Wildman–Crippen MR) is 121 cm³/mol. The Hall–Kier alpha value is -4.07. The SMILES string of the molecule is COc1ccc(NC(=O)Nc2ccc(C)n(CC(=O)Nc3ccc(C)cc3)c2=O)cc1. The van der Waals surface area contributed by atoms with Gasteiger partial charge in [-0.3, -0.25) is 9.59 Å². The van der Waals surface area contributed by atoms with E-state index in [1.165, 1.54) is 10.6 Å². The minimum absolute atomic E-state index is 0.0692. The number of hydrogen-bond acceptors (Lipinski definition) is 4. The molecule has 0 spiro atoms. The Bertz CT molecular complexity index is 1140. The first-order chi connectivity index (χ1) is 14.9. The van der Waals surface area contributed by atoms with Gasteiger partial charge >= 0.3 is 6.03 Å². The molecular weight excluding hydrogens is 396 g/mol. The molecule has 3 rings (SSSR count). The molecule has 0 radical (unpaired) electrons. The van der Waals surface area contributed by atoms with Gasteiger partial charge in [-0.15, -0.1) is 0 Å². The Kier molecular flexibility index (Phi) is 6.71. The van der Waals surface area contributed by atoms with Crippen LogP contribution in [0.25, 0.3) is 0 Å². The summed E-state index contributed by atoms with van der Waals surface area (Å²) in [5.41, 5.74) is 2.48.